The van der Waals surface area contributed by atoms with E-state index in [1.807, 2.05) is 25.7 Å². The zero-order valence-corrected chi connectivity index (χ0v) is 15.4. The molecule has 3 rings (SSSR count). The Bertz CT molecular complexity index is 827. The molecule has 1 fully saturated rings. The summed E-state index contributed by atoms with van der Waals surface area (Å²) in [6, 6.07) is 2.64. The Balaban J connectivity index is 1.84. The lowest BCUT2D eigenvalue weighted by Crippen LogP contribution is -2.43. The van der Waals surface area contributed by atoms with Gasteiger partial charge in [0, 0.05) is 36.2 Å². The number of aryl methyl sites for hydroxylation is 1. The number of fused-ring (bicyclic) bond motifs is 1. The Morgan fingerprint density at radius 3 is 2.31 bits per heavy atom. The van der Waals surface area contributed by atoms with Crippen molar-refractivity contribution in [2.75, 3.05) is 13.1 Å². The number of amides is 1. The standard InChI is InChI=1S/C18H23F3N4O/c1-11-9-14(18(19,20)21)25-15(22-11)10-13(23-25)12-5-7-24(8-6-12)16(26)17(2,3)4/h9-10,12H,5-8H2,1-4H3. The normalized spacial score (nSPS) is 17.1. The second kappa shape index (κ2) is 6.25. The average Bonchev–Trinajstić information content (AvgIpc) is 2.95. The van der Waals surface area contributed by atoms with Gasteiger partial charge in [-0.3, -0.25) is 4.79 Å². The van der Waals surface area contributed by atoms with Crippen LogP contribution in [0.2, 0.25) is 0 Å². The molecule has 8 heteroatoms. The summed E-state index contributed by atoms with van der Waals surface area (Å²) in [5, 5.41) is 4.19. The van der Waals surface area contributed by atoms with E-state index in [2.05, 4.69) is 10.1 Å². The van der Waals surface area contributed by atoms with E-state index in [0.717, 1.165) is 10.6 Å². The number of nitrogens with zero attached hydrogens (tertiary/aromatic N) is 4. The van der Waals surface area contributed by atoms with Crippen molar-refractivity contribution in [3.63, 3.8) is 0 Å². The molecule has 142 valence electrons. The molecular formula is C18H23F3N4O. The van der Waals surface area contributed by atoms with Crippen LogP contribution in [0.3, 0.4) is 0 Å². The van der Waals surface area contributed by atoms with E-state index >= 15 is 0 Å². The van der Waals surface area contributed by atoms with Crippen molar-refractivity contribution in [2.45, 2.75) is 52.6 Å². The first-order valence-corrected chi connectivity index (χ1v) is 8.71. The molecule has 2 aromatic rings. The van der Waals surface area contributed by atoms with Gasteiger partial charge in [-0.25, -0.2) is 9.50 Å². The molecule has 0 atom stereocenters. The van der Waals surface area contributed by atoms with Crippen molar-refractivity contribution in [2.24, 2.45) is 5.41 Å². The number of hydrogen-bond donors (Lipinski definition) is 0. The number of alkyl halides is 3. The van der Waals surface area contributed by atoms with Gasteiger partial charge in [0.15, 0.2) is 5.65 Å². The predicted molar refractivity (Wildman–Crippen MR) is 90.7 cm³/mol. The summed E-state index contributed by atoms with van der Waals surface area (Å²) < 4.78 is 40.7. The lowest BCUT2D eigenvalue weighted by Gasteiger charge is -2.35. The molecule has 3 heterocycles. The SMILES string of the molecule is Cc1cc(C(F)(F)F)n2nc(C3CCN(C(=O)C(C)(C)C)CC3)cc2n1. The number of carbonyl (C=O) groups excluding carboxylic acids is 1. The topological polar surface area (TPSA) is 50.5 Å². The molecule has 0 aliphatic carbocycles. The number of hydrogen-bond acceptors (Lipinski definition) is 3. The Morgan fingerprint density at radius 2 is 1.77 bits per heavy atom. The second-order valence-electron chi connectivity index (χ2n) is 7.94. The minimum atomic E-state index is -4.49. The highest BCUT2D eigenvalue weighted by Gasteiger charge is 2.36. The number of rotatable bonds is 1. The highest BCUT2D eigenvalue weighted by atomic mass is 19.4. The molecule has 1 aliphatic heterocycles. The van der Waals surface area contributed by atoms with Crippen LogP contribution in [0.1, 0.15) is 56.6 Å². The van der Waals surface area contributed by atoms with Gasteiger partial charge in [0.05, 0.1) is 5.69 Å². The second-order valence-corrected chi connectivity index (χ2v) is 7.94. The molecule has 2 aromatic heterocycles. The molecular weight excluding hydrogens is 345 g/mol. The van der Waals surface area contributed by atoms with Crippen LogP contribution in [0.4, 0.5) is 13.2 Å². The van der Waals surface area contributed by atoms with Crippen LogP contribution >= 0.6 is 0 Å². The molecule has 0 spiro atoms. The zero-order valence-electron chi connectivity index (χ0n) is 15.4. The minimum Gasteiger partial charge on any atom is -0.342 e. The van der Waals surface area contributed by atoms with Gasteiger partial charge in [-0.2, -0.15) is 18.3 Å². The molecule has 1 saturated heterocycles. The van der Waals surface area contributed by atoms with Crippen LogP contribution in [-0.4, -0.2) is 38.5 Å². The maximum absolute atomic E-state index is 13.3. The van der Waals surface area contributed by atoms with Gasteiger partial charge >= 0.3 is 6.18 Å². The van der Waals surface area contributed by atoms with Crippen LogP contribution in [0, 0.1) is 12.3 Å². The van der Waals surface area contributed by atoms with Crippen LogP contribution in [-0.2, 0) is 11.0 Å². The summed E-state index contributed by atoms with van der Waals surface area (Å²) in [7, 11) is 0. The molecule has 1 amide bonds. The maximum Gasteiger partial charge on any atom is 0.433 e. The van der Waals surface area contributed by atoms with Gasteiger partial charge in [-0.1, -0.05) is 20.8 Å². The molecule has 5 nitrogen and oxygen atoms in total. The van der Waals surface area contributed by atoms with Gasteiger partial charge in [0.2, 0.25) is 5.91 Å². The Hall–Kier alpha value is -2.12. The third-order valence-electron chi connectivity index (χ3n) is 4.71. The van der Waals surface area contributed by atoms with Gasteiger partial charge in [-0.05, 0) is 25.8 Å². The van der Waals surface area contributed by atoms with Crippen LogP contribution in [0.5, 0.6) is 0 Å². The lowest BCUT2D eigenvalue weighted by atomic mass is 9.90. The highest BCUT2D eigenvalue weighted by molar-refractivity contribution is 5.81. The zero-order chi connectivity index (χ0) is 19.3. The molecule has 0 unspecified atom stereocenters. The maximum atomic E-state index is 13.3. The van der Waals surface area contributed by atoms with E-state index in [1.165, 1.54) is 0 Å². The summed E-state index contributed by atoms with van der Waals surface area (Å²) in [5.74, 6) is 0.129. The highest BCUT2D eigenvalue weighted by Crippen LogP contribution is 2.33. The van der Waals surface area contributed by atoms with Crippen molar-refractivity contribution in [1.29, 1.82) is 0 Å². The molecule has 0 N–H and O–H groups in total. The fourth-order valence-corrected chi connectivity index (χ4v) is 3.37. The van der Waals surface area contributed by atoms with Crippen molar-refractivity contribution in [3.05, 3.63) is 29.2 Å². The van der Waals surface area contributed by atoms with E-state index in [4.69, 9.17) is 0 Å². The first-order chi connectivity index (χ1) is 12.0. The number of piperidine rings is 1. The Kier molecular flexibility index (Phi) is 4.48. The third-order valence-corrected chi connectivity index (χ3v) is 4.71. The monoisotopic (exact) mass is 368 g/mol. The fourth-order valence-electron chi connectivity index (χ4n) is 3.37. The van der Waals surface area contributed by atoms with E-state index in [1.54, 1.807) is 13.0 Å². The largest absolute Gasteiger partial charge is 0.433 e. The van der Waals surface area contributed by atoms with Crippen LogP contribution < -0.4 is 0 Å². The van der Waals surface area contributed by atoms with E-state index in [9.17, 15) is 18.0 Å². The molecule has 0 radical (unpaired) electrons. The Labute approximate surface area is 150 Å². The third kappa shape index (κ3) is 3.54. The van der Waals surface area contributed by atoms with E-state index in [0.29, 0.717) is 37.3 Å². The summed E-state index contributed by atoms with van der Waals surface area (Å²) in [6.07, 6.45) is -3.12. The van der Waals surface area contributed by atoms with Crippen LogP contribution in [0.15, 0.2) is 12.1 Å². The van der Waals surface area contributed by atoms with Crippen LogP contribution in [0.25, 0.3) is 5.65 Å². The van der Waals surface area contributed by atoms with Crippen molar-refractivity contribution in [1.82, 2.24) is 19.5 Å². The molecule has 1 aliphatic rings. The smallest absolute Gasteiger partial charge is 0.342 e. The summed E-state index contributed by atoms with van der Waals surface area (Å²) in [4.78, 5) is 18.4. The quantitative estimate of drug-likeness (QED) is 0.769. The Morgan fingerprint density at radius 1 is 1.15 bits per heavy atom. The number of likely N-dealkylation sites (tertiary alicyclic amines) is 1. The minimum absolute atomic E-state index is 0.0297. The van der Waals surface area contributed by atoms with Gasteiger partial charge < -0.3 is 4.90 Å². The van der Waals surface area contributed by atoms with Crippen molar-refractivity contribution in [3.8, 4) is 0 Å². The van der Waals surface area contributed by atoms with E-state index < -0.39 is 17.3 Å². The predicted octanol–water partition coefficient (Wildman–Crippen LogP) is 3.81. The molecule has 0 aromatic carbocycles. The number of halogens is 3. The van der Waals surface area contributed by atoms with Crippen molar-refractivity contribution < 1.29 is 18.0 Å². The first kappa shape index (κ1) is 18.7. The summed E-state index contributed by atoms with van der Waals surface area (Å²) >= 11 is 0. The first-order valence-electron chi connectivity index (χ1n) is 8.71. The average molecular weight is 368 g/mol. The van der Waals surface area contributed by atoms with Gasteiger partial charge in [0.25, 0.3) is 0 Å². The molecule has 0 bridgehead atoms. The number of carbonyl (C=O) groups is 1. The van der Waals surface area contributed by atoms with Gasteiger partial charge in [-0.15, -0.1) is 0 Å². The van der Waals surface area contributed by atoms with Crippen molar-refractivity contribution >= 4 is 11.6 Å². The summed E-state index contributed by atoms with van der Waals surface area (Å²) in [5.41, 5.74) is -0.121. The molecule has 0 saturated carbocycles. The van der Waals surface area contributed by atoms with Gasteiger partial charge in [0.1, 0.15) is 5.69 Å². The van der Waals surface area contributed by atoms with E-state index in [-0.39, 0.29) is 17.5 Å². The lowest BCUT2D eigenvalue weighted by molar-refractivity contribution is -0.143. The summed E-state index contributed by atoms with van der Waals surface area (Å²) in [6.45, 7) is 8.38. The molecule has 26 heavy (non-hydrogen) atoms. The fraction of sp³-hybridized carbons (Fsp3) is 0.611. The number of aromatic nitrogens is 3.